The van der Waals surface area contributed by atoms with Crippen LogP contribution in [0.15, 0.2) is 35.2 Å². The number of hydrogen-bond donors (Lipinski definition) is 1. The summed E-state index contributed by atoms with van der Waals surface area (Å²) in [5.74, 6) is 0.954. The summed E-state index contributed by atoms with van der Waals surface area (Å²) in [6, 6.07) is 8.40. The van der Waals surface area contributed by atoms with Crippen molar-refractivity contribution in [2.75, 3.05) is 19.3 Å². The second kappa shape index (κ2) is 4.71. The Bertz CT molecular complexity index is 754. The molecule has 1 heterocycles. The first-order valence-corrected chi connectivity index (χ1v) is 8.03. The van der Waals surface area contributed by atoms with Gasteiger partial charge >= 0.3 is 0 Å². The number of benzene rings is 1. The number of rotatable bonds is 4. The second-order valence-electron chi connectivity index (χ2n) is 5.32. The number of hydrogen-bond acceptors (Lipinski definition) is 4. The van der Waals surface area contributed by atoms with Gasteiger partial charge in [0, 0.05) is 19.0 Å². The number of sulfonamides is 1. The van der Waals surface area contributed by atoms with E-state index in [1.165, 1.54) is 4.31 Å². The molecule has 1 aromatic heterocycles. The molecule has 6 heteroatoms. The zero-order valence-corrected chi connectivity index (χ0v) is 12.1. The quantitative estimate of drug-likeness (QED) is 0.932. The SMILES string of the molecule is CN(CC1CC1)S(=O)(=O)c1ccc2nc(N)ccc2c1. The zero-order valence-electron chi connectivity index (χ0n) is 11.3. The van der Waals surface area contributed by atoms with Gasteiger partial charge in [-0.05, 0) is 49.1 Å². The van der Waals surface area contributed by atoms with Gasteiger partial charge in [0.25, 0.3) is 0 Å². The summed E-state index contributed by atoms with van der Waals surface area (Å²) in [4.78, 5) is 4.48. The van der Waals surface area contributed by atoms with Crippen LogP contribution >= 0.6 is 0 Å². The van der Waals surface area contributed by atoms with E-state index in [1.807, 2.05) is 0 Å². The molecule has 2 N–H and O–H groups in total. The highest BCUT2D eigenvalue weighted by Crippen LogP contribution is 2.31. The van der Waals surface area contributed by atoms with Gasteiger partial charge in [0.05, 0.1) is 10.4 Å². The van der Waals surface area contributed by atoms with Crippen molar-refractivity contribution in [3.8, 4) is 0 Å². The molecule has 1 saturated carbocycles. The fraction of sp³-hybridized carbons (Fsp3) is 0.357. The summed E-state index contributed by atoms with van der Waals surface area (Å²) in [5.41, 5.74) is 6.32. The fourth-order valence-corrected chi connectivity index (χ4v) is 3.50. The van der Waals surface area contributed by atoms with Crippen molar-refractivity contribution < 1.29 is 8.42 Å². The van der Waals surface area contributed by atoms with Crippen LogP contribution in [0.5, 0.6) is 0 Å². The third kappa shape index (κ3) is 2.48. The molecule has 0 amide bonds. The van der Waals surface area contributed by atoms with Gasteiger partial charge in [-0.2, -0.15) is 0 Å². The first-order valence-electron chi connectivity index (χ1n) is 6.59. The van der Waals surface area contributed by atoms with E-state index in [0.717, 1.165) is 18.2 Å². The summed E-state index contributed by atoms with van der Waals surface area (Å²) in [6.07, 6.45) is 2.25. The van der Waals surface area contributed by atoms with E-state index < -0.39 is 10.0 Å². The molecule has 0 saturated heterocycles. The molecule has 0 aliphatic heterocycles. The molecular formula is C14H17N3O2S. The van der Waals surface area contributed by atoms with Crippen molar-refractivity contribution in [1.29, 1.82) is 0 Å². The van der Waals surface area contributed by atoms with Gasteiger partial charge in [0.15, 0.2) is 0 Å². The highest BCUT2D eigenvalue weighted by molar-refractivity contribution is 7.89. The number of nitrogen functional groups attached to an aromatic ring is 1. The summed E-state index contributed by atoms with van der Waals surface area (Å²) in [5, 5.41) is 0.778. The highest BCUT2D eigenvalue weighted by atomic mass is 32.2. The Balaban J connectivity index is 1.97. The van der Waals surface area contributed by atoms with Crippen LogP contribution in [0.25, 0.3) is 10.9 Å². The molecule has 0 radical (unpaired) electrons. The van der Waals surface area contributed by atoms with Gasteiger partial charge in [-0.25, -0.2) is 17.7 Å². The molecule has 106 valence electrons. The lowest BCUT2D eigenvalue weighted by molar-refractivity contribution is 0.453. The zero-order chi connectivity index (χ0) is 14.3. The lowest BCUT2D eigenvalue weighted by atomic mass is 10.2. The first kappa shape index (κ1) is 13.3. The molecule has 0 atom stereocenters. The third-order valence-electron chi connectivity index (χ3n) is 3.60. The summed E-state index contributed by atoms with van der Waals surface area (Å²) < 4.78 is 26.4. The van der Waals surface area contributed by atoms with Gasteiger partial charge in [-0.15, -0.1) is 0 Å². The fourth-order valence-electron chi connectivity index (χ4n) is 2.22. The molecule has 0 unspecified atom stereocenters. The van der Waals surface area contributed by atoms with Gasteiger partial charge < -0.3 is 5.73 Å². The average Bonchev–Trinajstić information content (AvgIpc) is 3.21. The van der Waals surface area contributed by atoms with Crippen LogP contribution in [-0.4, -0.2) is 31.3 Å². The minimum absolute atomic E-state index is 0.305. The molecule has 0 bridgehead atoms. The van der Waals surface area contributed by atoms with Crippen molar-refractivity contribution in [2.24, 2.45) is 5.92 Å². The summed E-state index contributed by atoms with van der Waals surface area (Å²) in [6.45, 7) is 0.598. The number of aromatic nitrogens is 1. The van der Waals surface area contributed by atoms with E-state index in [2.05, 4.69) is 4.98 Å². The number of fused-ring (bicyclic) bond motifs is 1. The molecule has 1 aliphatic carbocycles. The van der Waals surface area contributed by atoms with Gasteiger partial charge in [0.2, 0.25) is 10.0 Å². The van der Waals surface area contributed by atoms with Crippen LogP contribution in [-0.2, 0) is 10.0 Å². The van der Waals surface area contributed by atoms with Crippen LogP contribution in [0.2, 0.25) is 0 Å². The Labute approximate surface area is 118 Å². The molecule has 5 nitrogen and oxygen atoms in total. The third-order valence-corrected chi connectivity index (χ3v) is 5.42. The maximum Gasteiger partial charge on any atom is 0.242 e. The van der Waals surface area contributed by atoms with Crippen molar-refractivity contribution in [2.45, 2.75) is 17.7 Å². The number of pyridine rings is 1. The monoisotopic (exact) mass is 291 g/mol. The molecule has 1 fully saturated rings. The Hall–Kier alpha value is -1.66. The minimum atomic E-state index is -3.42. The second-order valence-corrected chi connectivity index (χ2v) is 7.36. The van der Waals surface area contributed by atoms with E-state index in [-0.39, 0.29) is 0 Å². The minimum Gasteiger partial charge on any atom is -0.384 e. The Morgan fingerprint density at radius 2 is 2.05 bits per heavy atom. The lowest BCUT2D eigenvalue weighted by Crippen LogP contribution is -2.28. The van der Waals surface area contributed by atoms with E-state index >= 15 is 0 Å². The normalized spacial score (nSPS) is 15.9. The van der Waals surface area contributed by atoms with Crippen LogP contribution in [0, 0.1) is 5.92 Å². The number of nitrogens with zero attached hydrogens (tertiary/aromatic N) is 2. The average molecular weight is 291 g/mol. The van der Waals surface area contributed by atoms with E-state index in [9.17, 15) is 8.42 Å². The standard InChI is InChI=1S/C14H17N3O2S/c1-17(9-10-2-3-10)20(18,19)12-5-6-13-11(8-12)4-7-14(15)16-13/h4-8,10H,2-3,9H2,1H3,(H2,15,16). The largest absolute Gasteiger partial charge is 0.384 e. The molecule has 20 heavy (non-hydrogen) atoms. The summed E-state index contributed by atoms with van der Waals surface area (Å²) >= 11 is 0. The van der Waals surface area contributed by atoms with Gasteiger partial charge in [-0.1, -0.05) is 0 Å². The Kier molecular flexibility index (Phi) is 3.14. The molecule has 1 aliphatic rings. The molecular weight excluding hydrogens is 274 g/mol. The predicted molar refractivity (Wildman–Crippen MR) is 78.7 cm³/mol. The van der Waals surface area contributed by atoms with Crippen molar-refractivity contribution in [3.63, 3.8) is 0 Å². The van der Waals surface area contributed by atoms with Crippen LogP contribution < -0.4 is 5.73 Å². The van der Waals surface area contributed by atoms with Gasteiger partial charge in [-0.3, -0.25) is 0 Å². The lowest BCUT2D eigenvalue weighted by Gasteiger charge is -2.17. The van der Waals surface area contributed by atoms with Crippen LogP contribution in [0.1, 0.15) is 12.8 Å². The Morgan fingerprint density at radius 1 is 1.30 bits per heavy atom. The molecule has 2 aromatic rings. The Morgan fingerprint density at radius 3 is 2.75 bits per heavy atom. The maximum atomic E-state index is 12.5. The van der Waals surface area contributed by atoms with E-state index in [4.69, 9.17) is 5.73 Å². The summed E-state index contributed by atoms with van der Waals surface area (Å²) in [7, 11) is -1.78. The molecule has 3 rings (SSSR count). The van der Waals surface area contributed by atoms with Gasteiger partial charge in [0.1, 0.15) is 5.82 Å². The van der Waals surface area contributed by atoms with Crippen molar-refractivity contribution >= 4 is 26.7 Å². The predicted octanol–water partition coefficient (Wildman–Crippen LogP) is 1.85. The van der Waals surface area contributed by atoms with E-state index in [0.29, 0.717) is 28.7 Å². The van der Waals surface area contributed by atoms with Crippen LogP contribution in [0.3, 0.4) is 0 Å². The van der Waals surface area contributed by atoms with Crippen molar-refractivity contribution in [1.82, 2.24) is 9.29 Å². The topological polar surface area (TPSA) is 76.3 Å². The maximum absolute atomic E-state index is 12.5. The highest BCUT2D eigenvalue weighted by Gasteiger charge is 2.29. The number of nitrogens with two attached hydrogens (primary N) is 1. The first-order chi connectivity index (χ1) is 9.46. The van der Waals surface area contributed by atoms with E-state index in [1.54, 1.807) is 37.4 Å². The molecule has 0 spiro atoms. The smallest absolute Gasteiger partial charge is 0.242 e. The van der Waals surface area contributed by atoms with Crippen LogP contribution in [0.4, 0.5) is 5.82 Å². The van der Waals surface area contributed by atoms with Crippen molar-refractivity contribution in [3.05, 3.63) is 30.3 Å². The number of anilines is 1. The molecule has 1 aromatic carbocycles.